The Morgan fingerprint density at radius 2 is 1.96 bits per heavy atom. The minimum Gasteiger partial charge on any atom is -0.381 e. The van der Waals surface area contributed by atoms with Gasteiger partial charge in [-0.25, -0.2) is 0 Å². The van der Waals surface area contributed by atoms with Gasteiger partial charge in [0.2, 0.25) is 0 Å². The minimum atomic E-state index is 0.269. The molecule has 1 N–H and O–H groups in total. The molecule has 2 saturated heterocycles. The first-order valence-corrected chi connectivity index (χ1v) is 9.84. The summed E-state index contributed by atoms with van der Waals surface area (Å²) in [6.07, 6.45) is 7.65. The molecule has 2 heterocycles. The summed E-state index contributed by atoms with van der Waals surface area (Å²) >= 11 is 0. The molecule has 4 rings (SSSR count). The first-order chi connectivity index (χ1) is 12.3. The average Bonchev–Trinajstić information content (AvgIpc) is 3.40. The normalized spacial score (nSPS) is 28.8. The van der Waals surface area contributed by atoms with Gasteiger partial charge in [-0.2, -0.15) is 0 Å². The fourth-order valence-corrected chi connectivity index (χ4v) is 5.08. The molecular formula is C21H31N3O. The van der Waals surface area contributed by atoms with E-state index in [-0.39, 0.29) is 5.41 Å². The van der Waals surface area contributed by atoms with Crippen molar-refractivity contribution in [3.8, 4) is 0 Å². The van der Waals surface area contributed by atoms with Gasteiger partial charge in [-0.05, 0) is 31.2 Å². The van der Waals surface area contributed by atoms with Crippen LogP contribution in [0.5, 0.6) is 0 Å². The molecule has 1 saturated carbocycles. The Morgan fingerprint density at radius 3 is 2.64 bits per heavy atom. The number of nitrogens with one attached hydrogen (secondary N) is 1. The van der Waals surface area contributed by atoms with Crippen LogP contribution in [0.25, 0.3) is 0 Å². The van der Waals surface area contributed by atoms with Gasteiger partial charge < -0.3 is 15.0 Å². The van der Waals surface area contributed by atoms with Gasteiger partial charge in [-0.3, -0.25) is 4.99 Å². The van der Waals surface area contributed by atoms with E-state index < -0.39 is 0 Å². The first kappa shape index (κ1) is 16.9. The predicted octanol–water partition coefficient (Wildman–Crippen LogP) is 3.19. The summed E-state index contributed by atoms with van der Waals surface area (Å²) in [4.78, 5) is 7.05. The summed E-state index contributed by atoms with van der Waals surface area (Å²) in [5.41, 5.74) is 2.13. The van der Waals surface area contributed by atoms with E-state index in [2.05, 4.69) is 45.5 Å². The van der Waals surface area contributed by atoms with Crippen LogP contribution in [0.3, 0.4) is 0 Å². The lowest BCUT2D eigenvalue weighted by Crippen LogP contribution is -2.46. The standard InChI is InChI=1S/C21H31N3O/c1-22-19(24-13-11-20(16-24)12-14-25-17-20)23-15-21(9-5-6-10-21)18-7-3-2-4-8-18/h2-4,7-8H,5-6,9-17H2,1H3,(H,22,23). The Hall–Kier alpha value is -1.55. The topological polar surface area (TPSA) is 36.9 Å². The van der Waals surface area contributed by atoms with Gasteiger partial charge in [0.1, 0.15) is 0 Å². The molecule has 4 nitrogen and oxygen atoms in total. The number of ether oxygens (including phenoxy) is 1. The lowest BCUT2D eigenvalue weighted by molar-refractivity contribution is 0.156. The van der Waals surface area contributed by atoms with Gasteiger partial charge in [0.05, 0.1) is 6.61 Å². The van der Waals surface area contributed by atoms with Crippen molar-refractivity contribution in [2.45, 2.75) is 43.9 Å². The van der Waals surface area contributed by atoms with Crippen molar-refractivity contribution in [3.63, 3.8) is 0 Å². The minimum absolute atomic E-state index is 0.269. The SMILES string of the molecule is CN=C(NCC1(c2ccccc2)CCCC1)N1CCC2(CCOC2)C1. The summed E-state index contributed by atoms with van der Waals surface area (Å²) in [5.74, 6) is 1.07. The van der Waals surface area contributed by atoms with E-state index in [9.17, 15) is 0 Å². The molecule has 1 aromatic rings. The Bertz CT molecular complexity index is 601. The second kappa shape index (κ2) is 6.99. The number of hydrogen-bond donors (Lipinski definition) is 1. The molecule has 2 aliphatic heterocycles. The van der Waals surface area contributed by atoms with Gasteiger partial charge in [0.25, 0.3) is 0 Å². The monoisotopic (exact) mass is 341 g/mol. The van der Waals surface area contributed by atoms with E-state index in [1.54, 1.807) is 0 Å². The molecule has 3 aliphatic rings. The molecule has 136 valence electrons. The largest absolute Gasteiger partial charge is 0.381 e. The van der Waals surface area contributed by atoms with Crippen molar-refractivity contribution in [3.05, 3.63) is 35.9 Å². The number of rotatable bonds is 3. The van der Waals surface area contributed by atoms with E-state index in [4.69, 9.17) is 4.74 Å². The summed E-state index contributed by atoms with van der Waals surface area (Å²) in [7, 11) is 1.92. The highest BCUT2D eigenvalue weighted by Crippen LogP contribution is 2.41. The van der Waals surface area contributed by atoms with Gasteiger partial charge in [-0.1, -0.05) is 43.2 Å². The van der Waals surface area contributed by atoms with Crippen molar-refractivity contribution < 1.29 is 4.74 Å². The summed E-state index contributed by atoms with van der Waals surface area (Å²) in [6, 6.07) is 11.1. The van der Waals surface area contributed by atoms with Crippen LogP contribution in [-0.4, -0.2) is 50.8 Å². The van der Waals surface area contributed by atoms with Crippen LogP contribution in [0.1, 0.15) is 44.1 Å². The van der Waals surface area contributed by atoms with Gasteiger partial charge in [0.15, 0.2) is 5.96 Å². The summed E-state index contributed by atoms with van der Waals surface area (Å²) in [5, 5.41) is 3.73. The number of likely N-dealkylation sites (tertiary alicyclic amines) is 1. The third-order valence-electron chi connectivity index (χ3n) is 6.67. The molecule has 25 heavy (non-hydrogen) atoms. The lowest BCUT2D eigenvalue weighted by atomic mass is 9.79. The maximum Gasteiger partial charge on any atom is 0.193 e. The van der Waals surface area contributed by atoms with Crippen molar-refractivity contribution >= 4 is 5.96 Å². The molecule has 1 atom stereocenters. The molecule has 1 unspecified atom stereocenters. The molecular weight excluding hydrogens is 310 g/mol. The lowest BCUT2D eigenvalue weighted by Gasteiger charge is -2.32. The van der Waals surface area contributed by atoms with Gasteiger partial charge in [-0.15, -0.1) is 0 Å². The van der Waals surface area contributed by atoms with Crippen LogP contribution in [0.2, 0.25) is 0 Å². The number of hydrogen-bond acceptors (Lipinski definition) is 2. The second-order valence-electron chi connectivity index (χ2n) is 8.23. The highest BCUT2D eigenvalue weighted by molar-refractivity contribution is 5.80. The van der Waals surface area contributed by atoms with Gasteiger partial charge in [0, 0.05) is 44.1 Å². The fourth-order valence-electron chi connectivity index (χ4n) is 5.08. The number of aliphatic imine (C=N–C) groups is 1. The Morgan fingerprint density at radius 1 is 1.16 bits per heavy atom. The van der Waals surface area contributed by atoms with Gasteiger partial charge >= 0.3 is 0 Å². The van der Waals surface area contributed by atoms with E-state index in [1.807, 2.05) is 7.05 Å². The first-order valence-electron chi connectivity index (χ1n) is 9.84. The molecule has 1 spiro atoms. The number of benzene rings is 1. The molecule has 1 aliphatic carbocycles. The van der Waals surface area contributed by atoms with Crippen LogP contribution in [-0.2, 0) is 10.2 Å². The van der Waals surface area contributed by atoms with Crippen LogP contribution in [0, 0.1) is 5.41 Å². The molecule has 0 radical (unpaired) electrons. The number of guanidine groups is 1. The van der Waals surface area contributed by atoms with E-state index >= 15 is 0 Å². The molecule has 1 aromatic carbocycles. The molecule has 0 bridgehead atoms. The number of nitrogens with zero attached hydrogens (tertiary/aromatic N) is 2. The van der Waals surface area contributed by atoms with Crippen LogP contribution >= 0.6 is 0 Å². The van der Waals surface area contributed by atoms with Crippen molar-refractivity contribution in [2.75, 3.05) is 39.9 Å². The quantitative estimate of drug-likeness (QED) is 0.678. The van der Waals surface area contributed by atoms with Crippen molar-refractivity contribution in [1.82, 2.24) is 10.2 Å². The second-order valence-corrected chi connectivity index (χ2v) is 8.23. The zero-order valence-electron chi connectivity index (χ0n) is 15.5. The zero-order chi connectivity index (χ0) is 17.2. The Labute approximate surface area is 151 Å². The van der Waals surface area contributed by atoms with Crippen molar-refractivity contribution in [1.29, 1.82) is 0 Å². The maximum absolute atomic E-state index is 5.67. The van der Waals surface area contributed by atoms with Crippen LogP contribution in [0.15, 0.2) is 35.3 Å². The molecule has 3 fully saturated rings. The predicted molar refractivity (Wildman–Crippen MR) is 102 cm³/mol. The Kier molecular flexibility index (Phi) is 4.72. The zero-order valence-corrected chi connectivity index (χ0v) is 15.5. The smallest absolute Gasteiger partial charge is 0.193 e. The highest BCUT2D eigenvalue weighted by atomic mass is 16.5. The summed E-state index contributed by atoms with van der Waals surface area (Å²) in [6.45, 7) is 5.03. The van der Waals surface area contributed by atoms with Crippen LogP contribution in [0.4, 0.5) is 0 Å². The highest BCUT2D eigenvalue weighted by Gasteiger charge is 2.43. The molecule has 0 aromatic heterocycles. The van der Waals surface area contributed by atoms with Crippen molar-refractivity contribution in [2.24, 2.45) is 10.4 Å². The Balaban J connectivity index is 1.43. The maximum atomic E-state index is 5.67. The molecule has 0 amide bonds. The average molecular weight is 341 g/mol. The summed E-state index contributed by atoms with van der Waals surface area (Å²) < 4.78 is 5.67. The third-order valence-corrected chi connectivity index (χ3v) is 6.67. The van der Waals surface area contributed by atoms with E-state index in [0.717, 1.165) is 38.8 Å². The van der Waals surface area contributed by atoms with Crippen LogP contribution < -0.4 is 5.32 Å². The van der Waals surface area contributed by atoms with E-state index in [1.165, 1.54) is 44.1 Å². The van der Waals surface area contributed by atoms with E-state index in [0.29, 0.717) is 5.41 Å². The third kappa shape index (κ3) is 3.29. The fraction of sp³-hybridized carbons (Fsp3) is 0.667. The molecule has 4 heteroatoms.